The van der Waals surface area contributed by atoms with Crippen molar-refractivity contribution in [1.82, 2.24) is 10.6 Å². The van der Waals surface area contributed by atoms with Gasteiger partial charge in [0.2, 0.25) is 0 Å². The summed E-state index contributed by atoms with van der Waals surface area (Å²) in [5.74, 6) is -0.801. The lowest BCUT2D eigenvalue weighted by molar-refractivity contribution is -0.141. The van der Waals surface area contributed by atoms with Crippen molar-refractivity contribution >= 4 is 29.7 Å². The fourth-order valence-corrected chi connectivity index (χ4v) is 4.13. The Bertz CT molecular complexity index is 821. The van der Waals surface area contributed by atoms with Crippen LogP contribution in [-0.2, 0) is 31.9 Å². The van der Waals surface area contributed by atoms with E-state index in [1.807, 2.05) is 6.07 Å². The zero-order chi connectivity index (χ0) is 20.1. The molecule has 0 saturated carbocycles. The van der Waals surface area contributed by atoms with Gasteiger partial charge in [-0.1, -0.05) is 6.07 Å². The number of hydrogen-bond donors (Lipinski definition) is 2. The number of benzene rings is 1. The van der Waals surface area contributed by atoms with Crippen molar-refractivity contribution < 1.29 is 23.9 Å². The Labute approximate surface area is 168 Å². The summed E-state index contributed by atoms with van der Waals surface area (Å²) in [4.78, 5) is 37.0. The van der Waals surface area contributed by atoms with Crippen molar-refractivity contribution in [1.29, 1.82) is 0 Å². The number of ether oxygens (including phenoxy) is 2. The van der Waals surface area contributed by atoms with Gasteiger partial charge in [0.25, 0.3) is 0 Å². The van der Waals surface area contributed by atoms with Gasteiger partial charge in [-0.2, -0.15) is 0 Å². The number of esters is 2. The second-order valence-corrected chi connectivity index (χ2v) is 7.72. The van der Waals surface area contributed by atoms with E-state index in [0.717, 1.165) is 17.7 Å². The third kappa shape index (κ3) is 4.86. The number of carbonyl (C=O) groups is 3. The van der Waals surface area contributed by atoms with Crippen molar-refractivity contribution in [2.75, 3.05) is 19.0 Å². The van der Waals surface area contributed by atoms with Crippen LogP contribution < -0.4 is 10.6 Å². The predicted octanol–water partition coefficient (Wildman–Crippen LogP) is 2.33. The molecule has 0 bridgehead atoms. The van der Waals surface area contributed by atoms with Gasteiger partial charge in [-0.05, 0) is 56.4 Å². The molecule has 3 rings (SSSR count). The number of thioether (sulfide) groups is 1. The molecule has 2 N–H and O–H groups in total. The minimum absolute atomic E-state index is 0.155. The van der Waals surface area contributed by atoms with Crippen LogP contribution in [0, 0.1) is 0 Å². The minimum atomic E-state index is -0.541. The van der Waals surface area contributed by atoms with Gasteiger partial charge in [-0.25, -0.2) is 9.59 Å². The molecule has 1 heterocycles. The number of amides is 2. The second-order valence-electron chi connectivity index (χ2n) is 6.67. The molecule has 2 amide bonds. The number of hydrogen-bond acceptors (Lipinski definition) is 6. The van der Waals surface area contributed by atoms with Gasteiger partial charge in [0, 0.05) is 4.90 Å². The maximum absolute atomic E-state index is 12.2. The van der Waals surface area contributed by atoms with E-state index >= 15 is 0 Å². The molecule has 2 aliphatic rings. The largest absolute Gasteiger partial charge is 0.463 e. The van der Waals surface area contributed by atoms with Crippen LogP contribution in [0.2, 0.25) is 0 Å². The highest BCUT2D eigenvalue weighted by atomic mass is 32.2. The number of fused-ring (bicyclic) bond motifs is 1. The lowest BCUT2D eigenvalue weighted by Crippen LogP contribution is -2.50. The quantitative estimate of drug-likeness (QED) is 0.535. The zero-order valence-electron chi connectivity index (χ0n) is 16.0. The van der Waals surface area contributed by atoms with E-state index in [9.17, 15) is 14.4 Å². The number of aryl methyl sites for hydroxylation is 2. The van der Waals surface area contributed by atoms with Crippen LogP contribution >= 0.6 is 11.8 Å². The van der Waals surface area contributed by atoms with E-state index in [2.05, 4.69) is 22.8 Å². The number of rotatable bonds is 7. The third-order valence-electron chi connectivity index (χ3n) is 4.67. The topological polar surface area (TPSA) is 93.7 Å². The summed E-state index contributed by atoms with van der Waals surface area (Å²) in [5.41, 5.74) is 3.27. The van der Waals surface area contributed by atoms with E-state index in [-0.39, 0.29) is 30.2 Å². The molecule has 0 aromatic heterocycles. The average molecular weight is 404 g/mol. The fraction of sp³-hybridized carbons (Fsp3) is 0.450. The molecule has 0 saturated heterocycles. The first-order valence-electron chi connectivity index (χ1n) is 9.35. The Morgan fingerprint density at radius 1 is 1.21 bits per heavy atom. The molecule has 1 aliphatic heterocycles. The van der Waals surface area contributed by atoms with Gasteiger partial charge in [0.1, 0.15) is 6.61 Å². The smallest absolute Gasteiger partial charge is 0.338 e. The van der Waals surface area contributed by atoms with Crippen LogP contribution in [0.15, 0.2) is 34.4 Å². The summed E-state index contributed by atoms with van der Waals surface area (Å²) in [6, 6.07) is 5.31. The Balaban J connectivity index is 1.58. The van der Waals surface area contributed by atoms with Crippen molar-refractivity contribution in [2.24, 2.45) is 0 Å². The molecule has 1 aromatic carbocycles. The molecule has 28 heavy (non-hydrogen) atoms. The van der Waals surface area contributed by atoms with Crippen LogP contribution in [0.1, 0.15) is 31.4 Å². The summed E-state index contributed by atoms with van der Waals surface area (Å²) >= 11 is 1.42. The van der Waals surface area contributed by atoms with Crippen LogP contribution in [0.5, 0.6) is 0 Å². The van der Waals surface area contributed by atoms with E-state index in [1.54, 1.807) is 13.8 Å². The van der Waals surface area contributed by atoms with Gasteiger partial charge < -0.3 is 20.1 Å². The molecular formula is C20H24N2O5S. The second kappa shape index (κ2) is 9.14. The normalized spacial score (nSPS) is 18.2. The predicted molar refractivity (Wildman–Crippen MR) is 105 cm³/mol. The fourth-order valence-electron chi connectivity index (χ4n) is 3.37. The van der Waals surface area contributed by atoms with E-state index in [4.69, 9.17) is 9.47 Å². The van der Waals surface area contributed by atoms with Crippen LogP contribution in [0.4, 0.5) is 4.79 Å². The Kier molecular flexibility index (Phi) is 6.61. The average Bonchev–Trinajstić information content (AvgIpc) is 3.12. The SMILES string of the molecule is CCOC(=O)C1=C(COC(=O)CSc2ccc3c(c2)CCC3)NC(=O)N[C@H]1C. The van der Waals surface area contributed by atoms with Crippen molar-refractivity contribution in [3.05, 3.63) is 40.6 Å². The highest BCUT2D eigenvalue weighted by molar-refractivity contribution is 8.00. The first-order chi connectivity index (χ1) is 13.5. The Morgan fingerprint density at radius 2 is 2.00 bits per heavy atom. The summed E-state index contributed by atoms with van der Waals surface area (Å²) in [6.45, 7) is 3.41. The first-order valence-corrected chi connectivity index (χ1v) is 10.3. The van der Waals surface area contributed by atoms with Gasteiger partial charge in [0.05, 0.1) is 29.7 Å². The summed E-state index contributed by atoms with van der Waals surface area (Å²) in [5, 5.41) is 5.14. The molecule has 7 nitrogen and oxygen atoms in total. The van der Waals surface area contributed by atoms with Gasteiger partial charge >= 0.3 is 18.0 Å². The molecule has 0 spiro atoms. The van der Waals surface area contributed by atoms with Gasteiger partial charge in [0.15, 0.2) is 0 Å². The van der Waals surface area contributed by atoms with Crippen LogP contribution in [0.25, 0.3) is 0 Å². The molecule has 1 aliphatic carbocycles. The lowest BCUT2D eigenvalue weighted by atomic mass is 10.0. The lowest BCUT2D eigenvalue weighted by Gasteiger charge is -2.26. The molecule has 8 heteroatoms. The summed E-state index contributed by atoms with van der Waals surface area (Å²) < 4.78 is 10.3. The number of urea groups is 1. The molecule has 0 fully saturated rings. The molecule has 1 atom stereocenters. The molecule has 150 valence electrons. The minimum Gasteiger partial charge on any atom is -0.463 e. The zero-order valence-corrected chi connectivity index (χ0v) is 16.8. The highest BCUT2D eigenvalue weighted by Gasteiger charge is 2.30. The molecular weight excluding hydrogens is 380 g/mol. The molecule has 0 radical (unpaired) electrons. The maximum Gasteiger partial charge on any atom is 0.338 e. The summed E-state index contributed by atoms with van der Waals surface area (Å²) in [6.07, 6.45) is 3.40. The van der Waals surface area contributed by atoms with Gasteiger partial charge in [-0.15, -0.1) is 11.8 Å². The summed E-state index contributed by atoms with van der Waals surface area (Å²) in [7, 11) is 0. The first kappa shape index (κ1) is 20.3. The molecule has 0 unspecified atom stereocenters. The monoisotopic (exact) mass is 404 g/mol. The highest BCUT2D eigenvalue weighted by Crippen LogP contribution is 2.27. The van der Waals surface area contributed by atoms with Crippen LogP contribution in [0.3, 0.4) is 0 Å². The standard InChI is InChI=1S/C20H24N2O5S/c1-3-26-19(24)18-12(2)21-20(25)22-16(18)10-27-17(23)11-28-15-8-7-13-5-4-6-14(13)9-15/h7-9,12H,3-6,10-11H2,1-2H3,(H2,21,22,25)/t12-/m0/s1. The third-order valence-corrected chi connectivity index (χ3v) is 5.64. The molecule has 1 aromatic rings. The number of nitrogens with one attached hydrogen (secondary N) is 2. The van der Waals surface area contributed by atoms with Crippen molar-refractivity contribution in [3.8, 4) is 0 Å². The Morgan fingerprint density at radius 3 is 2.79 bits per heavy atom. The number of carbonyl (C=O) groups excluding carboxylic acids is 3. The Hall–Kier alpha value is -2.48. The van der Waals surface area contributed by atoms with Crippen molar-refractivity contribution in [3.63, 3.8) is 0 Å². The van der Waals surface area contributed by atoms with Gasteiger partial charge in [-0.3, -0.25) is 4.79 Å². The van der Waals surface area contributed by atoms with Crippen LogP contribution in [-0.4, -0.2) is 43.0 Å². The maximum atomic E-state index is 12.2. The van der Waals surface area contributed by atoms with E-state index in [1.165, 1.54) is 29.3 Å². The van der Waals surface area contributed by atoms with Crippen molar-refractivity contribution in [2.45, 2.75) is 44.0 Å². The van der Waals surface area contributed by atoms with E-state index < -0.39 is 24.0 Å². The van der Waals surface area contributed by atoms with E-state index in [0.29, 0.717) is 0 Å².